The van der Waals surface area contributed by atoms with Crippen molar-refractivity contribution in [3.8, 4) is 0 Å². The molecule has 0 rings (SSSR count). The van der Waals surface area contributed by atoms with E-state index in [9.17, 15) is 0 Å². The van der Waals surface area contributed by atoms with Crippen molar-refractivity contribution in [3.63, 3.8) is 0 Å². The van der Waals surface area contributed by atoms with Crippen molar-refractivity contribution >= 4 is 0 Å². The molecule has 0 saturated heterocycles. The lowest BCUT2D eigenvalue weighted by Gasteiger charge is -2.25. The summed E-state index contributed by atoms with van der Waals surface area (Å²) in [6.45, 7) is 10.7. The summed E-state index contributed by atoms with van der Waals surface area (Å²) in [5.74, 6) is 0. The summed E-state index contributed by atoms with van der Waals surface area (Å²) in [5, 5.41) is 3.61. The smallest absolute Gasteiger partial charge is 0.0699 e. The van der Waals surface area contributed by atoms with Crippen molar-refractivity contribution in [2.75, 3.05) is 13.2 Å². The van der Waals surface area contributed by atoms with Gasteiger partial charge in [-0.15, -0.1) is 0 Å². The first-order valence-electron chi connectivity index (χ1n) is 7.11. The second-order valence-electron chi connectivity index (χ2n) is 4.57. The number of rotatable bonds is 11. The summed E-state index contributed by atoms with van der Waals surface area (Å²) < 4.78 is 5.70. The normalized spacial score (nSPS) is 15.0. The zero-order valence-corrected chi connectivity index (χ0v) is 11.7. The zero-order valence-electron chi connectivity index (χ0n) is 11.7. The second kappa shape index (κ2) is 11.4. The van der Waals surface area contributed by atoms with Crippen LogP contribution in [0.4, 0.5) is 0 Å². The highest BCUT2D eigenvalue weighted by molar-refractivity contribution is 4.73. The quantitative estimate of drug-likeness (QED) is 0.545. The van der Waals surface area contributed by atoms with Crippen LogP contribution >= 0.6 is 0 Å². The van der Waals surface area contributed by atoms with E-state index in [1.807, 2.05) is 0 Å². The molecule has 0 aromatic rings. The summed E-state index contributed by atoms with van der Waals surface area (Å²) >= 11 is 0. The number of nitrogens with one attached hydrogen (secondary N) is 1. The predicted molar refractivity (Wildman–Crippen MR) is 71.9 cm³/mol. The van der Waals surface area contributed by atoms with Crippen LogP contribution in [-0.4, -0.2) is 25.3 Å². The fourth-order valence-corrected chi connectivity index (χ4v) is 2.00. The van der Waals surface area contributed by atoms with Gasteiger partial charge in [-0.1, -0.05) is 39.5 Å². The van der Waals surface area contributed by atoms with Gasteiger partial charge in [-0.25, -0.2) is 0 Å². The van der Waals surface area contributed by atoms with Gasteiger partial charge in [0.25, 0.3) is 0 Å². The number of ether oxygens (including phenoxy) is 1. The van der Waals surface area contributed by atoms with Gasteiger partial charge in [0.15, 0.2) is 0 Å². The van der Waals surface area contributed by atoms with Gasteiger partial charge in [0.1, 0.15) is 0 Å². The Balaban J connectivity index is 3.79. The largest absolute Gasteiger partial charge is 0.377 e. The first-order valence-corrected chi connectivity index (χ1v) is 7.11. The Hall–Kier alpha value is -0.0800. The van der Waals surface area contributed by atoms with Crippen LogP contribution < -0.4 is 5.32 Å². The maximum Gasteiger partial charge on any atom is 0.0699 e. The molecule has 0 amide bonds. The van der Waals surface area contributed by atoms with Gasteiger partial charge in [0.2, 0.25) is 0 Å². The van der Waals surface area contributed by atoms with Crippen LogP contribution in [-0.2, 0) is 4.74 Å². The van der Waals surface area contributed by atoms with E-state index in [1.165, 1.54) is 38.5 Å². The molecule has 0 aromatic carbocycles. The average Bonchev–Trinajstić information content (AvgIpc) is 2.28. The molecule has 0 heterocycles. The molecule has 0 aliphatic carbocycles. The summed E-state index contributed by atoms with van der Waals surface area (Å²) in [6, 6.07) is 0.539. The van der Waals surface area contributed by atoms with Crippen LogP contribution in [0.3, 0.4) is 0 Å². The molecule has 0 radical (unpaired) electrons. The predicted octanol–water partition coefficient (Wildman–Crippen LogP) is 3.75. The highest BCUT2D eigenvalue weighted by Gasteiger charge is 2.15. The molecule has 0 spiro atoms. The highest BCUT2D eigenvalue weighted by Crippen LogP contribution is 2.10. The third kappa shape index (κ3) is 8.12. The molecule has 0 aliphatic rings. The van der Waals surface area contributed by atoms with E-state index in [-0.39, 0.29) is 0 Å². The van der Waals surface area contributed by atoms with Crippen LogP contribution in [0.2, 0.25) is 0 Å². The van der Waals surface area contributed by atoms with Gasteiger partial charge in [-0.05, 0) is 33.2 Å². The van der Waals surface area contributed by atoms with Crippen molar-refractivity contribution in [1.29, 1.82) is 0 Å². The van der Waals surface area contributed by atoms with Crippen molar-refractivity contribution < 1.29 is 4.74 Å². The van der Waals surface area contributed by atoms with Crippen LogP contribution in [0.15, 0.2) is 0 Å². The Morgan fingerprint density at radius 3 is 2.31 bits per heavy atom. The van der Waals surface area contributed by atoms with Crippen LogP contribution in [0.1, 0.15) is 66.2 Å². The van der Waals surface area contributed by atoms with Crippen molar-refractivity contribution in [2.45, 2.75) is 78.4 Å². The molecule has 0 aliphatic heterocycles. The monoisotopic (exact) mass is 229 g/mol. The summed E-state index contributed by atoms with van der Waals surface area (Å²) in [6.07, 6.45) is 8.16. The standard InChI is InChI=1S/C14H31NO/c1-5-8-9-10-11-14(15-12-6-2)13(4)16-7-3/h13-15H,5-12H2,1-4H3. The molecule has 0 fully saturated rings. The summed E-state index contributed by atoms with van der Waals surface area (Å²) in [5.41, 5.74) is 0. The summed E-state index contributed by atoms with van der Waals surface area (Å²) in [7, 11) is 0. The molecule has 2 nitrogen and oxygen atoms in total. The minimum Gasteiger partial charge on any atom is -0.377 e. The van der Waals surface area contributed by atoms with E-state index >= 15 is 0 Å². The lowest BCUT2D eigenvalue weighted by atomic mass is 10.0. The van der Waals surface area contributed by atoms with Gasteiger partial charge in [0.05, 0.1) is 6.10 Å². The lowest BCUT2D eigenvalue weighted by Crippen LogP contribution is -2.40. The molecule has 98 valence electrons. The minimum absolute atomic E-state index is 0.346. The molecule has 16 heavy (non-hydrogen) atoms. The van der Waals surface area contributed by atoms with Crippen molar-refractivity contribution in [3.05, 3.63) is 0 Å². The lowest BCUT2D eigenvalue weighted by molar-refractivity contribution is 0.0445. The molecular formula is C14H31NO. The second-order valence-corrected chi connectivity index (χ2v) is 4.57. The van der Waals surface area contributed by atoms with E-state index in [0.717, 1.165) is 13.2 Å². The number of hydrogen-bond acceptors (Lipinski definition) is 2. The van der Waals surface area contributed by atoms with Crippen LogP contribution in [0.25, 0.3) is 0 Å². The Morgan fingerprint density at radius 1 is 1.00 bits per heavy atom. The topological polar surface area (TPSA) is 21.3 Å². The van der Waals surface area contributed by atoms with Crippen LogP contribution in [0, 0.1) is 0 Å². The molecule has 2 heteroatoms. The first-order chi connectivity index (χ1) is 7.76. The SMILES string of the molecule is CCCCCCC(NCCC)C(C)OCC. The maximum atomic E-state index is 5.70. The van der Waals surface area contributed by atoms with Crippen LogP contribution in [0.5, 0.6) is 0 Å². The molecule has 2 unspecified atom stereocenters. The molecule has 2 atom stereocenters. The third-order valence-corrected chi connectivity index (χ3v) is 3.02. The third-order valence-electron chi connectivity index (χ3n) is 3.02. The molecular weight excluding hydrogens is 198 g/mol. The van der Waals surface area contributed by atoms with Gasteiger partial charge < -0.3 is 10.1 Å². The van der Waals surface area contributed by atoms with E-state index < -0.39 is 0 Å². The van der Waals surface area contributed by atoms with Crippen molar-refractivity contribution in [2.24, 2.45) is 0 Å². The average molecular weight is 229 g/mol. The Labute approximate surface area is 102 Å². The van der Waals surface area contributed by atoms with Gasteiger partial charge in [-0.3, -0.25) is 0 Å². The fourth-order valence-electron chi connectivity index (χ4n) is 2.00. The fraction of sp³-hybridized carbons (Fsp3) is 1.00. The number of unbranched alkanes of at least 4 members (excludes halogenated alkanes) is 3. The minimum atomic E-state index is 0.346. The highest BCUT2D eigenvalue weighted by atomic mass is 16.5. The van der Waals surface area contributed by atoms with E-state index in [2.05, 4.69) is 33.0 Å². The maximum absolute atomic E-state index is 5.70. The van der Waals surface area contributed by atoms with Gasteiger partial charge in [-0.2, -0.15) is 0 Å². The van der Waals surface area contributed by atoms with E-state index in [1.54, 1.807) is 0 Å². The Kier molecular flexibility index (Phi) is 11.3. The Bertz CT molecular complexity index is 139. The molecule has 1 N–H and O–H groups in total. The summed E-state index contributed by atoms with van der Waals surface area (Å²) in [4.78, 5) is 0. The van der Waals surface area contributed by atoms with E-state index in [4.69, 9.17) is 4.74 Å². The molecule has 0 saturated carbocycles. The number of hydrogen-bond donors (Lipinski definition) is 1. The zero-order chi connectivity index (χ0) is 12.2. The molecule has 0 aromatic heterocycles. The van der Waals surface area contributed by atoms with Crippen molar-refractivity contribution in [1.82, 2.24) is 5.32 Å². The van der Waals surface area contributed by atoms with Gasteiger partial charge >= 0.3 is 0 Å². The van der Waals surface area contributed by atoms with E-state index in [0.29, 0.717) is 12.1 Å². The van der Waals surface area contributed by atoms with Gasteiger partial charge in [0, 0.05) is 12.6 Å². The first kappa shape index (κ1) is 15.9. The Morgan fingerprint density at radius 2 is 1.75 bits per heavy atom. The molecule has 0 bridgehead atoms.